The van der Waals surface area contributed by atoms with E-state index >= 15 is 0 Å². The minimum Gasteiger partial charge on any atom is -0.372 e. The SMILES string of the molecule is CNc1cncc(C(=O)NCc2ccc(F)cc2)n1. The lowest BCUT2D eigenvalue weighted by Crippen LogP contribution is -2.24. The van der Waals surface area contributed by atoms with Crippen LogP contribution in [-0.2, 0) is 6.54 Å². The van der Waals surface area contributed by atoms with Crippen molar-refractivity contribution in [1.29, 1.82) is 0 Å². The lowest BCUT2D eigenvalue weighted by atomic mass is 10.2. The molecule has 0 spiro atoms. The molecule has 6 heteroatoms. The predicted octanol–water partition coefficient (Wildman–Crippen LogP) is 1.59. The Morgan fingerprint density at radius 1 is 1.26 bits per heavy atom. The lowest BCUT2D eigenvalue weighted by molar-refractivity contribution is 0.0945. The van der Waals surface area contributed by atoms with Gasteiger partial charge in [0.05, 0.1) is 12.4 Å². The largest absolute Gasteiger partial charge is 0.372 e. The number of hydrogen-bond donors (Lipinski definition) is 2. The number of amides is 1. The first-order valence-corrected chi connectivity index (χ1v) is 5.71. The van der Waals surface area contributed by atoms with Crippen molar-refractivity contribution >= 4 is 11.7 Å². The van der Waals surface area contributed by atoms with Gasteiger partial charge in [-0.15, -0.1) is 0 Å². The molecule has 5 nitrogen and oxygen atoms in total. The summed E-state index contributed by atoms with van der Waals surface area (Å²) < 4.78 is 12.7. The second kappa shape index (κ2) is 5.90. The fourth-order valence-electron chi connectivity index (χ4n) is 1.47. The number of rotatable bonds is 4. The molecule has 1 amide bonds. The zero-order chi connectivity index (χ0) is 13.7. The first-order valence-electron chi connectivity index (χ1n) is 5.71. The molecule has 2 rings (SSSR count). The summed E-state index contributed by atoms with van der Waals surface area (Å²) in [5.74, 6) is -0.106. The number of nitrogens with zero attached hydrogens (tertiary/aromatic N) is 2. The molecule has 1 aromatic carbocycles. The summed E-state index contributed by atoms with van der Waals surface area (Å²) in [4.78, 5) is 19.8. The Hall–Kier alpha value is -2.50. The quantitative estimate of drug-likeness (QED) is 0.876. The van der Waals surface area contributed by atoms with Crippen molar-refractivity contribution in [1.82, 2.24) is 15.3 Å². The molecule has 0 saturated carbocycles. The second-order valence-electron chi connectivity index (χ2n) is 3.85. The van der Waals surface area contributed by atoms with Gasteiger partial charge >= 0.3 is 0 Å². The minimum absolute atomic E-state index is 0.231. The number of benzene rings is 1. The first-order chi connectivity index (χ1) is 9.19. The maximum atomic E-state index is 12.7. The average molecular weight is 260 g/mol. The van der Waals surface area contributed by atoms with Gasteiger partial charge in [-0.25, -0.2) is 9.37 Å². The molecule has 0 aliphatic carbocycles. The highest BCUT2D eigenvalue weighted by Gasteiger charge is 2.08. The van der Waals surface area contributed by atoms with E-state index < -0.39 is 0 Å². The van der Waals surface area contributed by atoms with E-state index in [1.165, 1.54) is 24.5 Å². The van der Waals surface area contributed by atoms with Gasteiger partial charge in [0.1, 0.15) is 17.3 Å². The van der Waals surface area contributed by atoms with Gasteiger partial charge in [-0.3, -0.25) is 9.78 Å². The highest BCUT2D eigenvalue weighted by molar-refractivity contribution is 5.92. The van der Waals surface area contributed by atoms with Crippen molar-refractivity contribution in [3.8, 4) is 0 Å². The van der Waals surface area contributed by atoms with Gasteiger partial charge in [0, 0.05) is 13.6 Å². The van der Waals surface area contributed by atoms with Crippen LogP contribution in [-0.4, -0.2) is 22.9 Å². The summed E-state index contributed by atoms with van der Waals surface area (Å²) in [5, 5.41) is 5.50. The van der Waals surface area contributed by atoms with Crippen molar-refractivity contribution < 1.29 is 9.18 Å². The Kier molecular flexibility index (Phi) is 4.02. The first kappa shape index (κ1) is 12.9. The lowest BCUT2D eigenvalue weighted by Gasteiger charge is -2.05. The number of carbonyl (C=O) groups excluding carboxylic acids is 1. The highest BCUT2D eigenvalue weighted by atomic mass is 19.1. The van der Waals surface area contributed by atoms with Crippen LogP contribution in [0.5, 0.6) is 0 Å². The molecule has 2 aromatic rings. The summed E-state index contributed by atoms with van der Waals surface area (Å²) in [6, 6.07) is 5.93. The molecule has 19 heavy (non-hydrogen) atoms. The molecule has 1 heterocycles. The van der Waals surface area contributed by atoms with Gasteiger partial charge in [-0.05, 0) is 17.7 Å². The molecule has 1 aromatic heterocycles. The Morgan fingerprint density at radius 3 is 2.68 bits per heavy atom. The summed E-state index contributed by atoms with van der Waals surface area (Å²) in [7, 11) is 1.70. The molecular formula is C13H13FN4O. The van der Waals surface area contributed by atoms with Crippen LogP contribution < -0.4 is 10.6 Å². The van der Waals surface area contributed by atoms with E-state index in [2.05, 4.69) is 20.6 Å². The molecule has 0 radical (unpaired) electrons. The van der Waals surface area contributed by atoms with Crippen LogP contribution in [0.2, 0.25) is 0 Å². The number of aromatic nitrogens is 2. The zero-order valence-electron chi connectivity index (χ0n) is 10.4. The molecule has 0 unspecified atom stereocenters. The molecular weight excluding hydrogens is 247 g/mol. The smallest absolute Gasteiger partial charge is 0.271 e. The van der Waals surface area contributed by atoms with Crippen LogP contribution >= 0.6 is 0 Å². The number of nitrogens with one attached hydrogen (secondary N) is 2. The second-order valence-corrected chi connectivity index (χ2v) is 3.85. The highest BCUT2D eigenvalue weighted by Crippen LogP contribution is 2.04. The Morgan fingerprint density at radius 2 is 2.00 bits per heavy atom. The summed E-state index contributed by atoms with van der Waals surface area (Å²) in [6.45, 7) is 0.310. The Bertz CT molecular complexity index is 571. The molecule has 0 saturated heterocycles. The van der Waals surface area contributed by atoms with Crippen LogP contribution in [0, 0.1) is 5.82 Å². The molecule has 0 bridgehead atoms. The van der Waals surface area contributed by atoms with E-state index in [0.29, 0.717) is 12.4 Å². The normalized spacial score (nSPS) is 10.0. The van der Waals surface area contributed by atoms with Crippen molar-refractivity contribution in [2.75, 3.05) is 12.4 Å². The maximum absolute atomic E-state index is 12.7. The molecule has 0 fully saturated rings. The van der Waals surface area contributed by atoms with Gasteiger partial charge in [-0.2, -0.15) is 0 Å². The van der Waals surface area contributed by atoms with Crippen molar-refractivity contribution in [2.24, 2.45) is 0 Å². The topological polar surface area (TPSA) is 66.9 Å². The van der Waals surface area contributed by atoms with Crippen LogP contribution in [0.3, 0.4) is 0 Å². The zero-order valence-corrected chi connectivity index (χ0v) is 10.4. The summed E-state index contributed by atoms with van der Waals surface area (Å²) >= 11 is 0. The predicted molar refractivity (Wildman–Crippen MR) is 69.1 cm³/mol. The van der Waals surface area contributed by atoms with Gasteiger partial charge in [-0.1, -0.05) is 12.1 Å². The maximum Gasteiger partial charge on any atom is 0.271 e. The monoisotopic (exact) mass is 260 g/mol. The molecule has 0 atom stereocenters. The van der Waals surface area contributed by atoms with Crippen LogP contribution in [0.25, 0.3) is 0 Å². The number of anilines is 1. The Labute approximate surface area is 109 Å². The third kappa shape index (κ3) is 3.48. The van der Waals surface area contributed by atoms with Gasteiger partial charge in [0.2, 0.25) is 0 Å². The third-order valence-corrected chi connectivity index (χ3v) is 2.49. The van der Waals surface area contributed by atoms with Crippen LogP contribution in [0.4, 0.5) is 10.2 Å². The fraction of sp³-hybridized carbons (Fsp3) is 0.154. The van der Waals surface area contributed by atoms with Gasteiger partial charge in [0.25, 0.3) is 5.91 Å². The van der Waals surface area contributed by atoms with Crippen molar-refractivity contribution in [3.63, 3.8) is 0 Å². The van der Waals surface area contributed by atoms with E-state index in [-0.39, 0.29) is 17.4 Å². The van der Waals surface area contributed by atoms with Gasteiger partial charge in [0.15, 0.2) is 0 Å². The minimum atomic E-state index is -0.325. The number of carbonyl (C=O) groups is 1. The molecule has 2 N–H and O–H groups in total. The van der Waals surface area contributed by atoms with Gasteiger partial charge < -0.3 is 10.6 Å². The van der Waals surface area contributed by atoms with E-state index in [1.54, 1.807) is 19.2 Å². The number of hydrogen-bond acceptors (Lipinski definition) is 4. The summed E-state index contributed by atoms with van der Waals surface area (Å²) in [6.07, 6.45) is 2.91. The van der Waals surface area contributed by atoms with Crippen molar-refractivity contribution in [2.45, 2.75) is 6.54 Å². The molecule has 0 aliphatic heterocycles. The van der Waals surface area contributed by atoms with Crippen LogP contribution in [0.1, 0.15) is 16.1 Å². The summed E-state index contributed by atoms with van der Waals surface area (Å²) in [5.41, 5.74) is 1.04. The third-order valence-electron chi connectivity index (χ3n) is 2.49. The van der Waals surface area contributed by atoms with E-state index in [0.717, 1.165) is 5.56 Å². The molecule has 0 aliphatic rings. The standard InChI is InChI=1S/C13H13FN4O/c1-15-12-8-16-7-11(18-12)13(19)17-6-9-2-4-10(14)5-3-9/h2-5,7-8H,6H2,1H3,(H,15,18)(H,17,19). The van der Waals surface area contributed by atoms with E-state index in [1.807, 2.05) is 0 Å². The Balaban J connectivity index is 1.99. The average Bonchev–Trinajstić information content (AvgIpc) is 2.46. The number of halogens is 1. The van der Waals surface area contributed by atoms with Crippen LogP contribution in [0.15, 0.2) is 36.7 Å². The van der Waals surface area contributed by atoms with Crippen molar-refractivity contribution in [3.05, 3.63) is 53.7 Å². The molecule has 98 valence electrons. The fourth-order valence-corrected chi connectivity index (χ4v) is 1.47. The van der Waals surface area contributed by atoms with E-state index in [9.17, 15) is 9.18 Å². The van der Waals surface area contributed by atoms with E-state index in [4.69, 9.17) is 0 Å².